The maximum atomic E-state index is 13.6. The van der Waals surface area contributed by atoms with E-state index in [9.17, 15) is 33.5 Å². The maximum absolute atomic E-state index is 13.6. The molecule has 0 aliphatic heterocycles. The van der Waals surface area contributed by atoms with Gasteiger partial charge in [-0.2, -0.15) is 9.57 Å². The lowest BCUT2D eigenvalue weighted by molar-refractivity contribution is -0.145. The Morgan fingerprint density at radius 3 is 2.17 bits per heavy atom. The van der Waals surface area contributed by atoms with Gasteiger partial charge in [0.1, 0.15) is 12.1 Å². The van der Waals surface area contributed by atoms with Crippen LogP contribution in [-0.2, 0) is 19.6 Å². The normalized spacial score (nSPS) is 19.2. The van der Waals surface area contributed by atoms with Crippen LogP contribution in [0.15, 0.2) is 77.7 Å². The van der Waals surface area contributed by atoms with Crippen molar-refractivity contribution in [3.63, 3.8) is 0 Å². The van der Waals surface area contributed by atoms with E-state index in [2.05, 4.69) is 0 Å². The Kier molecular flexibility index (Phi) is 6.38. The van der Waals surface area contributed by atoms with Gasteiger partial charge in [0.25, 0.3) is 0 Å². The summed E-state index contributed by atoms with van der Waals surface area (Å²) < 4.78 is 27.7. The monoisotopic (exact) mass is 510 g/mol. The number of nitriles is 1. The molecule has 1 aliphatic rings. The molecule has 8 nitrogen and oxygen atoms in total. The number of benzene rings is 3. The first-order chi connectivity index (χ1) is 16.6. The van der Waals surface area contributed by atoms with Crippen LogP contribution in [0.4, 0.5) is 0 Å². The van der Waals surface area contributed by atoms with Crippen molar-refractivity contribution in [3.8, 4) is 17.2 Å². The molecule has 35 heavy (non-hydrogen) atoms. The lowest BCUT2D eigenvalue weighted by atomic mass is 10.0. The second-order valence-electron chi connectivity index (χ2n) is 8.16. The third kappa shape index (κ3) is 4.51. The van der Waals surface area contributed by atoms with Gasteiger partial charge in [0.05, 0.1) is 16.5 Å². The van der Waals surface area contributed by atoms with E-state index >= 15 is 0 Å². The highest BCUT2D eigenvalue weighted by Crippen LogP contribution is 2.57. The van der Waals surface area contributed by atoms with Crippen LogP contribution in [0.25, 0.3) is 11.1 Å². The smallest absolute Gasteiger partial charge is 0.325 e. The predicted octanol–water partition coefficient (Wildman–Crippen LogP) is 3.96. The molecule has 3 aromatic carbocycles. The first-order valence-electron chi connectivity index (χ1n) is 10.4. The van der Waals surface area contributed by atoms with Gasteiger partial charge in [-0.25, -0.2) is 8.42 Å². The molecule has 1 aliphatic carbocycles. The molecule has 1 saturated carbocycles. The number of aliphatic carboxylic acids is 2. The zero-order chi connectivity index (χ0) is 25.4. The predicted molar refractivity (Wildman–Crippen MR) is 127 cm³/mol. The van der Waals surface area contributed by atoms with E-state index in [1.165, 1.54) is 18.2 Å². The minimum absolute atomic E-state index is 0.118. The fraction of sp³-hybridized carbons (Fsp3) is 0.160. The number of carboxylic acids is 2. The zero-order valence-corrected chi connectivity index (χ0v) is 19.7. The van der Waals surface area contributed by atoms with Gasteiger partial charge >= 0.3 is 11.9 Å². The quantitative estimate of drug-likeness (QED) is 0.468. The summed E-state index contributed by atoms with van der Waals surface area (Å²) in [6.45, 7) is -1.03. The number of sulfonamides is 1. The topological polar surface area (TPSA) is 136 Å². The minimum atomic E-state index is -4.51. The number of hydrogen-bond donors (Lipinski definition) is 2. The molecule has 178 valence electrons. The second-order valence-corrected chi connectivity index (χ2v) is 10.5. The van der Waals surface area contributed by atoms with Crippen molar-refractivity contribution in [3.05, 3.63) is 88.9 Å². The molecule has 0 heterocycles. The highest BCUT2D eigenvalue weighted by atomic mass is 35.5. The molecule has 2 atom stereocenters. The summed E-state index contributed by atoms with van der Waals surface area (Å²) in [5.74, 6) is -3.74. The number of carboxylic acid groups (broad SMARTS) is 2. The summed E-state index contributed by atoms with van der Waals surface area (Å²) in [6.07, 6.45) is -0.118. The molecule has 0 saturated heterocycles. The Balaban J connectivity index is 1.74. The van der Waals surface area contributed by atoms with Gasteiger partial charge in [0.15, 0.2) is 0 Å². The Morgan fingerprint density at radius 2 is 1.63 bits per heavy atom. The fourth-order valence-corrected chi connectivity index (χ4v) is 6.09. The molecule has 0 unspecified atom stereocenters. The van der Waals surface area contributed by atoms with Crippen LogP contribution in [0.5, 0.6) is 0 Å². The summed E-state index contributed by atoms with van der Waals surface area (Å²) in [6, 6.07) is 20.9. The van der Waals surface area contributed by atoms with E-state index in [0.29, 0.717) is 26.0 Å². The first-order valence-corrected chi connectivity index (χ1v) is 12.3. The van der Waals surface area contributed by atoms with Gasteiger partial charge in [0.2, 0.25) is 10.0 Å². The van der Waals surface area contributed by atoms with Gasteiger partial charge in [-0.05, 0) is 59.5 Å². The third-order valence-corrected chi connectivity index (χ3v) is 8.22. The largest absolute Gasteiger partial charge is 0.480 e. The van der Waals surface area contributed by atoms with Gasteiger partial charge in [-0.15, -0.1) is 0 Å². The summed E-state index contributed by atoms with van der Waals surface area (Å²) in [5.41, 5.74) is 0.257. The number of carbonyl (C=O) groups is 2. The molecule has 10 heteroatoms. The number of halogens is 1. The van der Waals surface area contributed by atoms with Gasteiger partial charge in [-0.1, -0.05) is 48.0 Å². The molecule has 0 amide bonds. The standard InChI is InChI=1S/C25H19ClN2O6S/c26-20-8-4-17(5-9-20)18-6-10-21(11-7-18)35(33,34)28(15-23(29)30)25(24(31)32)13-22(25)19-3-1-2-16(12-19)14-27/h1-12,22H,13,15H2,(H,29,30)(H,31,32)/t22-,25+/m0/s1. The molecule has 1 fully saturated rings. The molecule has 2 N–H and O–H groups in total. The molecule has 0 spiro atoms. The highest BCUT2D eigenvalue weighted by molar-refractivity contribution is 7.89. The van der Waals surface area contributed by atoms with Crippen LogP contribution >= 0.6 is 11.6 Å². The van der Waals surface area contributed by atoms with Crippen LogP contribution in [0, 0.1) is 11.3 Å². The molecule has 3 aromatic rings. The van der Waals surface area contributed by atoms with Crippen LogP contribution in [0.3, 0.4) is 0 Å². The Labute approximate surface area is 206 Å². The summed E-state index contributed by atoms with van der Waals surface area (Å²) in [7, 11) is -4.51. The van der Waals surface area contributed by atoms with Crippen LogP contribution in [-0.4, -0.2) is 47.0 Å². The van der Waals surface area contributed by atoms with Crippen LogP contribution < -0.4 is 0 Å². The number of hydrogen-bond acceptors (Lipinski definition) is 5. The van der Waals surface area contributed by atoms with Crippen molar-refractivity contribution >= 4 is 33.6 Å². The van der Waals surface area contributed by atoms with Gasteiger partial charge in [-0.3, -0.25) is 9.59 Å². The Hall–Kier alpha value is -3.71. The van der Waals surface area contributed by atoms with Crippen molar-refractivity contribution in [1.29, 1.82) is 5.26 Å². The van der Waals surface area contributed by atoms with E-state index in [1.54, 1.807) is 54.6 Å². The maximum Gasteiger partial charge on any atom is 0.325 e. The Morgan fingerprint density at radius 1 is 1.03 bits per heavy atom. The molecule has 0 radical (unpaired) electrons. The van der Waals surface area contributed by atoms with Crippen LogP contribution in [0.1, 0.15) is 23.5 Å². The number of rotatable bonds is 8. The van der Waals surface area contributed by atoms with E-state index in [-0.39, 0.29) is 11.3 Å². The molecular weight excluding hydrogens is 492 g/mol. The van der Waals surface area contributed by atoms with Crippen molar-refractivity contribution in [1.82, 2.24) is 4.31 Å². The van der Waals surface area contributed by atoms with Crippen molar-refractivity contribution in [2.45, 2.75) is 22.8 Å². The fourth-order valence-electron chi connectivity index (χ4n) is 4.24. The lowest BCUT2D eigenvalue weighted by Crippen LogP contribution is -2.50. The summed E-state index contributed by atoms with van der Waals surface area (Å²) >= 11 is 5.91. The summed E-state index contributed by atoms with van der Waals surface area (Å²) in [4.78, 5) is 23.8. The van der Waals surface area contributed by atoms with Gasteiger partial charge in [0, 0.05) is 10.9 Å². The van der Waals surface area contributed by atoms with E-state index in [0.717, 1.165) is 5.56 Å². The zero-order valence-electron chi connectivity index (χ0n) is 18.1. The second kappa shape index (κ2) is 9.15. The lowest BCUT2D eigenvalue weighted by Gasteiger charge is -2.28. The van der Waals surface area contributed by atoms with E-state index in [4.69, 9.17) is 11.6 Å². The van der Waals surface area contributed by atoms with Crippen molar-refractivity contribution < 1.29 is 28.2 Å². The van der Waals surface area contributed by atoms with Crippen molar-refractivity contribution in [2.24, 2.45) is 0 Å². The van der Waals surface area contributed by atoms with Crippen LogP contribution in [0.2, 0.25) is 5.02 Å². The average molecular weight is 511 g/mol. The molecule has 0 bridgehead atoms. The SMILES string of the molecule is N#Cc1cccc([C@@H]2C[C@@]2(C(=O)O)N(CC(=O)O)S(=O)(=O)c2ccc(-c3ccc(Cl)cc3)cc2)c1. The molecular formula is C25H19ClN2O6S. The highest BCUT2D eigenvalue weighted by Gasteiger charge is 2.68. The number of nitrogens with zero attached hydrogens (tertiary/aromatic N) is 2. The Bertz CT molecular complexity index is 1450. The first kappa shape index (κ1) is 24.4. The van der Waals surface area contributed by atoms with Gasteiger partial charge < -0.3 is 10.2 Å². The summed E-state index contributed by atoms with van der Waals surface area (Å²) in [5, 5.41) is 29.3. The minimum Gasteiger partial charge on any atom is -0.480 e. The van der Waals surface area contributed by atoms with E-state index in [1.807, 2.05) is 6.07 Å². The molecule has 4 rings (SSSR count). The van der Waals surface area contributed by atoms with Crippen molar-refractivity contribution in [2.75, 3.05) is 6.54 Å². The average Bonchev–Trinajstić information content (AvgIpc) is 3.60. The molecule has 0 aromatic heterocycles. The third-order valence-electron chi connectivity index (χ3n) is 6.06. The van der Waals surface area contributed by atoms with E-state index < -0.39 is 40.0 Å².